The first-order chi connectivity index (χ1) is 17.7. The fourth-order valence-electron chi connectivity index (χ4n) is 4.01. The third-order valence-corrected chi connectivity index (χ3v) is 5.74. The number of hydrogen-bond donors (Lipinski definition) is 2. The summed E-state index contributed by atoms with van der Waals surface area (Å²) >= 11 is 0. The fourth-order valence-corrected chi connectivity index (χ4v) is 4.01. The molecule has 0 unspecified atom stereocenters. The topological polar surface area (TPSA) is 107 Å². The second-order valence-electron chi connectivity index (χ2n) is 8.02. The average molecular weight is 476 g/mol. The molecule has 0 saturated carbocycles. The fraction of sp³-hybridized carbons (Fsp3) is 0.0370. The van der Waals surface area contributed by atoms with Crippen molar-refractivity contribution < 1.29 is 13.9 Å². The molecule has 3 aromatic heterocycles. The molecule has 0 aliphatic carbocycles. The Balaban J connectivity index is 1.39. The van der Waals surface area contributed by atoms with E-state index in [0.717, 1.165) is 27.8 Å². The molecule has 6 aromatic rings. The molecule has 3 aromatic carbocycles. The zero-order valence-electron chi connectivity index (χ0n) is 19.2. The minimum atomic E-state index is -0.323. The quantitative estimate of drug-likeness (QED) is 0.325. The highest BCUT2D eigenvalue weighted by atomic mass is 16.5. The van der Waals surface area contributed by atoms with Crippen LogP contribution in [0.4, 0.5) is 17.2 Å². The summed E-state index contributed by atoms with van der Waals surface area (Å²) in [5, 5.41) is 21.7. The van der Waals surface area contributed by atoms with Crippen LogP contribution in [0.2, 0.25) is 0 Å². The average Bonchev–Trinajstić information content (AvgIpc) is 3.60. The number of nitrogens with one attached hydrogen (secondary N) is 2. The van der Waals surface area contributed by atoms with Crippen molar-refractivity contribution in [3.8, 4) is 17.1 Å². The van der Waals surface area contributed by atoms with E-state index in [0.29, 0.717) is 23.0 Å². The molecule has 9 heteroatoms. The van der Waals surface area contributed by atoms with Crippen molar-refractivity contribution in [1.82, 2.24) is 19.8 Å². The molecule has 9 nitrogen and oxygen atoms in total. The minimum Gasteiger partial charge on any atom is -0.497 e. The van der Waals surface area contributed by atoms with E-state index in [2.05, 4.69) is 20.8 Å². The predicted molar refractivity (Wildman–Crippen MR) is 137 cm³/mol. The van der Waals surface area contributed by atoms with Crippen LogP contribution in [0.1, 0.15) is 10.6 Å². The Morgan fingerprint density at radius 1 is 0.889 bits per heavy atom. The second-order valence-corrected chi connectivity index (χ2v) is 8.02. The number of rotatable bonds is 6. The number of carbonyl (C=O) groups excluding carboxylic acids is 1. The number of ether oxygens (including phenoxy) is 1. The van der Waals surface area contributed by atoms with Crippen LogP contribution in [0.5, 0.6) is 5.75 Å². The van der Waals surface area contributed by atoms with Gasteiger partial charge in [0.2, 0.25) is 0 Å². The van der Waals surface area contributed by atoms with Gasteiger partial charge in [-0.1, -0.05) is 30.3 Å². The molecular formula is C27H20N6O3. The number of amides is 1. The molecule has 0 atom stereocenters. The highest BCUT2D eigenvalue weighted by Crippen LogP contribution is 2.30. The van der Waals surface area contributed by atoms with Gasteiger partial charge < -0.3 is 19.8 Å². The summed E-state index contributed by atoms with van der Waals surface area (Å²) < 4.78 is 12.2. The smallest absolute Gasteiger partial charge is 0.291 e. The van der Waals surface area contributed by atoms with Gasteiger partial charge in [0.1, 0.15) is 5.75 Å². The van der Waals surface area contributed by atoms with Gasteiger partial charge in [-0.2, -0.15) is 4.52 Å². The number of furan rings is 1. The number of fused-ring (bicyclic) bond motifs is 3. The lowest BCUT2D eigenvalue weighted by Crippen LogP contribution is -2.11. The minimum absolute atomic E-state index is 0.241. The summed E-state index contributed by atoms with van der Waals surface area (Å²) in [4.78, 5) is 12.4. The highest BCUT2D eigenvalue weighted by molar-refractivity contribution is 6.03. The van der Waals surface area contributed by atoms with Gasteiger partial charge in [-0.3, -0.25) is 4.79 Å². The molecule has 36 heavy (non-hydrogen) atoms. The first-order valence-electron chi connectivity index (χ1n) is 11.2. The van der Waals surface area contributed by atoms with Crippen LogP contribution >= 0.6 is 0 Å². The van der Waals surface area contributed by atoms with Gasteiger partial charge >= 0.3 is 0 Å². The van der Waals surface area contributed by atoms with E-state index < -0.39 is 0 Å². The molecule has 3 heterocycles. The number of nitrogens with zero attached hydrogens (tertiary/aromatic N) is 4. The summed E-state index contributed by atoms with van der Waals surface area (Å²) in [6.07, 6.45) is 1.46. The Morgan fingerprint density at radius 2 is 1.69 bits per heavy atom. The Bertz CT molecular complexity index is 1690. The lowest BCUT2D eigenvalue weighted by Gasteiger charge is -2.12. The standard InChI is InChI=1S/C27H20N6O3/c1-35-20-13-11-17(12-14-20)25-30-31-26-22-9-3-2-8-21(22)24(32-33(25)26)28-18-6-4-7-19(16-18)29-27(34)23-10-5-15-36-23/h2-16H,1H3,(H,28,32)(H,29,34). The van der Waals surface area contributed by atoms with Crippen molar-refractivity contribution in [2.24, 2.45) is 0 Å². The normalized spacial score (nSPS) is 11.0. The lowest BCUT2D eigenvalue weighted by atomic mass is 10.1. The van der Waals surface area contributed by atoms with Crippen LogP contribution in [-0.2, 0) is 0 Å². The largest absolute Gasteiger partial charge is 0.497 e. The number of hydrogen-bond acceptors (Lipinski definition) is 7. The summed E-state index contributed by atoms with van der Waals surface area (Å²) in [7, 11) is 1.63. The maximum Gasteiger partial charge on any atom is 0.291 e. The number of aromatic nitrogens is 4. The van der Waals surface area contributed by atoms with Crippen molar-refractivity contribution in [2.75, 3.05) is 17.7 Å². The summed E-state index contributed by atoms with van der Waals surface area (Å²) in [5.74, 6) is 1.91. The van der Waals surface area contributed by atoms with Gasteiger partial charge in [0, 0.05) is 27.7 Å². The van der Waals surface area contributed by atoms with E-state index in [1.54, 1.807) is 23.8 Å². The van der Waals surface area contributed by atoms with E-state index in [1.165, 1.54) is 6.26 Å². The highest BCUT2D eigenvalue weighted by Gasteiger charge is 2.16. The molecular weight excluding hydrogens is 456 g/mol. The lowest BCUT2D eigenvalue weighted by molar-refractivity contribution is 0.0996. The number of anilines is 3. The summed E-state index contributed by atoms with van der Waals surface area (Å²) in [6.45, 7) is 0. The van der Waals surface area contributed by atoms with Gasteiger partial charge in [0.25, 0.3) is 5.91 Å². The molecule has 2 N–H and O–H groups in total. The van der Waals surface area contributed by atoms with Crippen molar-refractivity contribution in [1.29, 1.82) is 0 Å². The molecule has 1 amide bonds. The molecule has 0 spiro atoms. The van der Waals surface area contributed by atoms with Crippen molar-refractivity contribution in [2.45, 2.75) is 0 Å². The molecule has 6 rings (SSSR count). The van der Waals surface area contributed by atoms with Gasteiger partial charge in [-0.25, -0.2) is 0 Å². The van der Waals surface area contributed by atoms with Gasteiger partial charge in [-0.05, 0) is 54.6 Å². The molecule has 176 valence electrons. The zero-order chi connectivity index (χ0) is 24.5. The van der Waals surface area contributed by atoms with E-state index in [4.69, 9.17) is 14.3 Å². The Hall–Kier alpha value is -5.18. The van der Waals surface area contributed by atoms with Gasteiger partial charge in [0.15, 0.2) is 23.0 Å². The maximum atomic E-state index is 12.4. The van der Waals surface area contributed by atoms with Crippen LogP contribution in [0.25, 0.3) is 27.8 Å². The van der Waals surface area contributed by atoms with Crippen molar-refractivity contribution >= 4 is 39.5 Å². The molecule has 0 aliphatic rings. The van der Waals surface area contributed by atoms with Crippen LogP contribution < -0.4 is 15.4 Å². The maximum absolute atomic E-state index is 12.4. The summed E-state index contributed by atoms with van der Waals surface area (Å²) in [6, 6.07) is 26.1. The SMILES string of the molecule is COc1ccc(-c2nnc3c4ccccc4c(Nc4cccc(NC(=O)c5ccco5)c4)nn23)cc1. The summed E-state index contributed by atoms with van der Waals surface area (Å²) in [5.41, 5.74) is 2.89. The van der Waals surface area contributed by atoms with Gasteiger partial charge in [-0.15, -0.1) is 15.3 Å². The van der Waals surface area contributed by atoms with Crippen molar-refractivity contribution in [3.63, 3.8) is 0 Å². The van der Waals surface area contributed by atoms with Gasteiger partial charge in [0.05, 0.1) is 13.4 Å². The van der Waals surface area contributed by atoms with E-state index in [1.807, 2.05) is 72.8 Å². The molecule has 0 saturated heterocycles. The Kier molecular flexibility index (Phi) is 5.27. The van der Waals surface area contributed by atoms with E-state index in [9.17, 15) is 4.79 Å². The first-order valence-corrected chi connectivity index (χ1v) is 11.2. The third kappa shape index (κ3) is 3.88. The van der Waals surface area contributed by atoms with Crippen molar-refractivity contribution in [3.05, 3.63) is 97.0 Å². The van der Waals surface area contributed by atoms with Crippen LogP contribution in [0, 0.1) is 0 Å². The first kappa shape index (κ1) is 21.4. The Labute approximate surface area is 205 Å². The van der Waals surface area contributed by atoms with E-state index >= 15 is 0 Å². The zero-order valence-corrected chi connectivity index (χ0v) is 19.2. The Morgan fingerprint density at radius 3 is 2.47 bits per heavy atom. The van der Waals surface area contributed by atoms with Crippen LogP contribution in [0.3, 0.4) is 0 Å². The third-order valence-electron chi connectivity index (χ3n) is 5.74. The second kappa shape index (κ2) is 8.88. The molecule has 0 aliphatic heterocycles. The predicted octanol–water partition coefficient (Wildman–Crippen LogP) is 5.54. The number of methoxy groups -OCH3 is 1. The van der Waals surface area contributed by atoms with E-state index in [-0.39, 0.29) is 11.7 Å². The molecule has 0 bridgehead atoms. The molecule has 0 fully saturated rings. The van der Waals surface area contributed by atoms with Crippen LogP contribution in [0.15, 0.2) is 95.6 Å². The molecule has 0 radical (unpaired) electrons. The van der Waals surface area contributed by atoms with Crippen LogP contribution in [-0.4, -0.2) is 32.8 Å². The number of benzene rings is 3. The number of carbonyl (C=O) groups is 1. The monoisotopic (exact) mass is 476 g/mol.